The Morgan fingerprint density at radius 3 is 2.21 bits per heavy atom. The summed E-state index contributed by atoms with van der Waals surface area (Å²) in [6.07, 6.45) is 7.58. The Hall–Kier alpha value is -0.0300. The lowest BCUT2D eigenvalue weighted by Gasteiger charge is -2.27. The number of amides is 1. The molecule has 0 unspecified atom stereocenters. The van der Waals surface area contributed by atoms with Gasteiger partial charge in [-0.15, -0.1) is 24.8 Å². The highest BCUT2D eigenvalue weighted by atomic mass is 35.5. The van der Waals surface area contributed by atoms with Crippen LogP contribution in [-0.4, -0.2) is 49.6 Å². The second-order valence-electron chi connectivity index (χ2n) is 5.28. The topological polar surface area (TPSA) is 44.4 Å². The summed E-state index contributed by atoms with van der Waals surface area (Å²) < 4.78 is 0. The summed E-state index contributed by atoms with van der Waals surface area (Å²) in [7, 11) is 0. The third kappa shape index (κ3) is 7.35. The van der Waals surface area contributed by atoms with Crippen molar-refractivity contribution in [2.75, 3.05) is 32.7 Å². The van der Waals surface area contributed by atoms with E-state index in [0.29, 0.717) is 12.6 Å². The summed E-state index contributed by atoms with van der Waals surface area (Å²) in [4.78, 5) is 14.2. The Labute approximate surface area is 128 Å². The van der Waals surface area contributed by atoms with Crippen LogP contribution in [0.2, 0.25) is 0 Å². The first-order valence-electron chi connectivity index (χ1n) is 7.07. The lowest BCUT2D eigenvalue weighted by atomic mass is 10.1. The molecule has 1 aliphatic carbocycles. The van der Waals surface area contributed by atoms with Gasteiger partial charge in [0.05, 0.1) is 6.54 Å². The molecule has 1 saturated carbocycles. The maximum absolute atomic E-state index is 11.9. The number of carbonyl (C=O) groups excluding carboxylic acids is 1. The van der Waals surface area contributed by atoms with E-state index >= 15 is 0 Å². The van der Waals surface area contributed by atoms with Crippen LogP contribution in [0.3, 0.4) is 0 Å². The molecule has 114 valence electrons. The third-order valence-corrected chi connectivity index (χ3v) is 3.80. The van der Waals surface area contributed by atoms with E-state index in [1.165, 1.54) is 38.5 Å². The maximum Gasteiger partial charge on any atom is 0.234 e. The van der Waals surface area contributed by atoms with Crippen LogP contribution in [0, 0.1) is 0 Å². The molecule has 2 aliphatic rings. The quantitative estimate of drug-likeness (QED) is 0.778. The molecule has 0 aromatic carbocycles. The van der Waals surface area contributed by atoms with Crippen molar-refractivity contribution >= 4 is 30.7 Å². The minimum absolute atomic E-state index is 0. The molecule has 1 aliphatic heterocycles. The minimum atomic E-state index is 0. The van der Waals surface area contributed by atoms with Gasteiger partial charge < -0.3 is 10.6 Å². The van der Waals surface area contributed by atoms with Crippen LogP contribution in [0.5, 0.6) is 0 Å². The molecule has 0 aromatic heterocycles. The molecule has 0 radical (unpaired) electrons. The molecule has 2 rings (SSSR count). The van der Waals surface area contributed by atoms with Crippen molar-refractivity contribution in [3.05, 3.63) is 0 Å². The Bertz CT molecular complexity index is 240. The van der Waals surface area contributed by atoms with Gasteiger partial charge in [0.25, 0.3) is 0 Å². The van der Waals surface area contributed by atoms with Crippen molar-refractivity contribution < 1.29 is 4.79 Å². The van der Waals surface area contributed by atoms with E-state index in [9.17, 15) is 4.79 Å². The molecule has 1 saturated heterocycles. The standard InChI is InChI=1S/C13H25N3O.2ClH/c17-13(11-16-9-7-14-8-10-16)15-12-5-3-1-2-4-6-12;;/h12,14H,1-11H2,(H,15,17);2*1H. The molecular weight excluding hydrogens is 285 g/mol. The fourth-order valence-electron chi connectivity index (χ4n) is 2.77. The number of hydrogen-bond acceptors (Lipinski definition) is 3. The van der Waals surface area contributed by atoms with Crippen LogP contribution in [0.25, 0.3) is 0 Å². The highest BCUT2D eigenvalue weighted by Gasteiger charge is 2.17. The number of piperazine rings is 1. The van der Waals surface area contributed by atoms with Crippen LogP contribution < -0.4 is 10.6 Å². The lowest BCUT2D eigenvalue weighted by molar-refractivity contribution is -0.123. The van der Waals surface area contributed by atoms with Gasteiger partial charge >= 0.3 is 0 Å². The maximum atomic E-state index is 11.9. The number of nitrogens with zero attached hydrogens (tertiary/aromatic N) is 1. The average molecular weight is 312 g/mol. The summed E-state index contributed by atoms with van der Waals surface area (Å²) in [5.74, 6) is 0.221. The second kappa shape index (κ2) is 10.7. The van der Waals surface area contributed by atoms with Gasteiger partial charge in [-0.25, -0.2) is 0 Å². The molecule has 0 spiro atoms. The Kier molecular flexibility index (Phi) is 10.7. The van der Waals surface area contributed by atoms with Crippen molar-refractivity contribution in [3.8, 4) is 0 Å². The molecule has 19 heavy (non-hydrogen) atoms. The molecule has 2 fully saturated rings. The third-order valence-electron chi connectivity index (χ3n) is 3.80. The normalized spacial score (nSPS) is 21.7. The van der Waals surface area contributed by atoms with E-state index < -0.39 is 0 Å². The fraction of sp³-hybridized carbons (Fsp3) is 0.923. The van der Waals surface area contributed by atoms with Crippen molar-refractivity contribution in [1.82, 2.24) is 15.5 Å². The van der Waals surface area contributed by atoms with Crippen molar-refractivity contribution in [2.45, 2.75) is 44.6 Å². The first-order chi connectivity index (χ1) is 8.34. The molecule has 4 nitrogen and oxygen atoms in total. The average Bonchev–Trinajstić information content (AvgIpc) is 2.59. The predicted molar refractivity (Wildman–Crippen MR) is 83.4 cm³/mol. The zero-order valence-electron chi connectivity index (χ0n) is 11.5. The largest absolute Gasteiger partial charge is 0.352 e. The van der Waals surface area contributed by atoms with Crippen molar-refractivity contribution in [1.29, 1.82) is 0 Å². The number of carbonyl (C=O) groups is 1. The number of rotatable bonds is 3. The molecule has 0 aromatic rings. The van der Waals surface area contributed by atoms with Crippen LogP contribution in [0.15, 0.2) is 0 Å². The number of hydrogen-bond donors (Lipinski definition) is 2. The van der Waals surface area contributed by atoms with Gasteiger partial charge in [0.2, 0.25) is 5.91 Å². The van der Waals surface area contributed by atoms with E-state index in [0.717, 1.165) is 26.2 Å². The first kappa shape index (κ1) is 19.0. The molecule has 1 amide bonds. The SMILES string of the molecule is Cl.Cl.O=C(CN1CCNCC1)NC1CCCCCC1. The minimum Gasteiger partial charge on any atom is -0.352 e. The Balaban J connectivity index is 0.00000162. The Morgan fingerprint density at radius 2 is 1.63 bits per heavy atom. The number of nitrogens with one attached hydrogen (secondary N) is 2. The Morgan fingerprint density at radius 1 is 1.05 bits per heavy atom. The molecule has 6 heteroatoms. The summed E-state index contributed by atoms with van der Waals surface area (Å²) in [5.41, 5.74) is 0. The van der Waals surface area contributed by atoms with Gasteiger partial charge in [-0.3, -0.25) is 9.69 Å². The van der Waals surface area contributed by atoms with E-state index in [1.54, 1.807) is 0 Å². The zero-order chi connectivity index (χ0) is 11.9. The molecule has 0 bridgehead atoms. The second-order valence-corrected chi connectivity index (χ2v) is 5.28. The van der Waals surface area contributed by atoms with Gasteiger partial charge in [-0.2, -0.15) is 0 Å². The van der Waals surface area contributed by atoms with Gasteiger partial charge in [-0.1, -0.05) is 25.7 Å². The van der Waals surface area contributed by atoms with Gasteiger partial charge in [0.1, 0.15) is 0 Å². The van der Waals surface area contributed by atoms with E-state index in [1.807, 2.05) is 0 Å². The monoisotopic (exact) mass is 311 g/mol. The van der Waals surface area contributed by atoms with Crippen LogP contribution in [0.4, 0.5) is 0 Å². The first-order valence-corrected chi connectivity index (χ1v) is 7.07. The smallest absolute Gasteiger partial charge is 0.234 e. The van der Waals surface area contributed by atoms with E-state index in [2.05, 4.69) is 15.5 Å². The predicted octanol–water partition coefficient (Wildman–Crippen LogP) is 1.57. The zero-order valence-corrected chi connectivity index (χ0v) is 13.2. The summed E-state index contributed by atoms with van der Waals surface area (Å²) in [5, 5.41) is 6.51. The van der Waals surface area contributed by atoms with Crippen molar-refractivity contribution in [3.63, 3.8) is 0 Å². The van der Waals surface area contributed by atoms with Gasteiger partial charge in [0, 0.05) is 32.2 Å². The molecule has 0 atom stereocenters. The van der Waals surface area contributed by atoms with Crippen LogP contribution in [0.1, 0.15) is 38.5 Å². The fourth-order valence-corrected chi connectivity index (χ4v) is 2.77. The van der Waals surface area contributed by atoms with Gasteiger partial charge in [0.15, 0.2) is 0 Å². The summed E-state index contributed by atoms with van der Waals surface area (Å²) in [6.45, 7) is 4.60. The van der Waals surface area contributed by atoms with E-state index in [4.69, 9.17) is 0 Å². The highest BCUT2D eigenvalue weighted by Crippen LogP contribution is 2.17. The highest BCUT2D eigenvalue weighted by molar-refractivity contribution is 5.85. The van der Waals surface area contributed by atoms with Crippen LogP contribution in [-0.2, 0) is 4.79 Å². The van der Waals surface area contributed by atoms with Crippen LogP contribution >= 0.6 is 24.8 Å². The number of halogens is 2. The summed E-state index contributed by atoms with van der Waals surface area (Å²) in [6, 6.07) is 0.438. The molecule has 2 N–H and O–H groups in total. The molecule has 1 heterocycles. The summed E-state index contributed by atoms with van der Waals surface area (Å²) >= 11 is 0. The lowest BCUT2D eigenvalue weighted by Crippen LogP contribution is -2.48. The van der Waals surface area contributed by atoms with Crippen molar-refractivity contribution in [2.24, 2.45) is 0 Å². The molecular formula is C13H27Cl2N3O. The van der Waals surface area contributed by atoms with E-state index in [-0.39, 0.29) is 30.7 Å². The van der Waals surface area contributed by atoms with Gasteiger partial charge in [-0.05, 0) is 12.8 Å².